The third kappa shape index (κ3) is 2.76. The van der Waals surface area contributed by atoms with Crippen molar-refractivity contribution in [2.75, 3.05) is 5.75 Å². The Hall–Kier alpha value is -0.520. The fraction of sp³-hybridized carbons (Fsp3) is 0.667. The van der Waals surface area contributed by atoms with E-state index in [-0.39, 0.29) is 0 Å². The Labute approximate surface area is 128 Å². The Balaban J connectivity index is 1.49. The summed E-state index contributed by atoms with van der Waals surface area (Å²) in [5.41, 5.74) is 1.37. The zero-order chi connectivity index (χ0) is 13.4. The van der Waals surface area contributed by atoms with Crippen molar-refractivity contribution in [3.05, 3.63) is 17.3 Å². The van der Waals surface area contributed by atoms with Gasteiger partial charge in [-0.15, -0.1) is 23.1 Å². The van der Waals surface area contributed by atoms with Gasteiger partial charge in [-0.1, -0.05) is 12.8 Å². The lowest BCUT2D eigenvalue weighted by Gasteiger charge is -2.09. The second-order valence-electron chi connectivity index (χ2n) is 6.04. The summed E-state index contributed by atoms with van der Waals surface area (Å²) in [5, 5.41) is 7.03. The van der Waals surface area contributed by atoms with Crippen molar-refractivity contribution in [2.45, 2.75) is 56.1 Å². The van der Waals surface area contributed by atoms with Gasteiger partial charge in [0.2, 0.25) is 0 Å². The Bertz CT molecular complexity index is 579. The number of imidazole rings is 1. The van der Waals surface area contributed by atoms with Crippen molar-refractivity contribution >= 4 is 28.1 Å². The molecule has 108 valence electrons. The second-order valence-corrected chi connectivity index (χ2v) is 7.92. The lowest BCUT2D eigenvalue weighted by Crippen LogP contribution is -2.17. The molecule has 2 aliphatic carbocycles. The zero-order valence-electron chi connectivity index (χ0n) is 11.7. The van der Waals surface area contributed by atoms with E-state index in [2.05, 4.69) is 21.3 Å². The normalized spacial score (nSPS) is 20.2. The fourth-order valence-corrected chi connectivity index (χ4v) is 5.00. The van der Waals surface area contributed by atoms with Gasteiger partial charge >= 0.3 is 0 Å². The minimum absolute atomic E-state index is 0.756. The molecule has 0 atom stereocenters. The summed E-state index contributed by atoms with van der Waals surface area (Å²) >= 11 is 3.72. The van der Waals surface area contributed by atoms with Crippen LogP contribution in [0.2, 0.25) is 0 Å². The number of rotatable bonds is 6. The highest BCUT2D eigenvalue weighted by Crippen LogP contribution is 2.33. The van der Waals surface area contributed by atoms with Crippen LogP contribution in [0.15, 0.2) is 16.6 Å². The molecule has 0 aromatic carbocycles. The number of nitrogens with zero attached hydrogens (tertiary/aromatic N) is 2. The molecule has 0 unspecified atom stereocenters. The van der Waals surface area contributed by atoms with E-state index in [4.69, 9.17) is 4.98 Å². The number of hydrogen-bond donors (Lipinski definition) is 1. The van der Waals surface area contributed by atoms with E-state index in [1.807, 2.05) is 11.8 Å². The SMILES string of the molecule is c1cn2c(CNC3CC3)c(SCC3CCCC3)nc2s1. The molecule has 5 heteroatoms. The maximum absolute atomic E-state index is 4.84. The molecule has 0 amide bonds. The summed E-state index contributed by atoms with van der Waals surface area (Å²) in [6.07, 6.45) is 10.6. The van der Waals surface area contributed by atoms with E-state index >= 15 is 0 Å². The third-order valence-corrected chi connectivity index (χ3v) is 6.39. The molecular formula is C15H21N3S2. The van der Waals surface area contributed by atoms with Crippen LogP contribution in [0, 0.1) is 5.92 Å². The molecule has 2 heterocycles. The highest BCUT2D eigenvalue weighted by atomic mass is 32.2. The van der Waals surface area contributed by atoms with Gasteiger partial charge in [-0.3, -0.25) is 4.40 Å². The monoisotopic (exact) mass is 307 g/mol. The topological polar surface area (TPSA) is 29.3 Å². The summed E-state index contributed by atoms with van der Waals surface area (Å²) in [6, 6.07) is 0.756. The average Bonchev–Trinajstić information content (AvgIpc) is 2.89. The molecule has 2 aromatic heterocycles. The Morgan fingerprint density at radius 3 is 2.95 bits per heavy atom. The number of fused-ring (bicyclic) bond motifs is 1. The second kappa shape index (κ2) is 5.70. The van der Waals surface area contributed by atoms with Crippen molar-refractivity contribution in [1.82, 2.24) is 14.7 Å². The van der Waals surface area contributed by atoms with Crippen molar-refractivity contribution in [1.29, 1.82) is 0 Å². The Kier molecular flexibility index (Phi) is 3.75. The van der Waals surface area contributed by atoms with Crippen molar-refractivity contribution in [3.8, 4) is 0 Å². The van der Waals surface area contributed by atoms with Crippen LogP contribution in [0.5, 0.6) is 0 Å². The molecule has 1 N–H and O–H groups in total. The number of hydrogen-bond acceptors (Lipinski definition) is 4. The highest BCUT2D eigenvalue weighted by Gasteiger charge is 2.23. The smallest absolute Gasteiger partial charge is 0.194 e. The van der Waals surface area contributed by atoms with Gasteiger partial charge in [-0.25, -0.2) is 4.98 Å². The highest BCUT2D eigenvalue weighted by molar-refractivity contribution is 7.99. The lowest BCUT2D eigenvalue weighted by molar-refractivity contribution is 0.622. The van der Waals surface area contributed by atoms with Crippen LogP contribution in [-0.4, -0.2) is 21.2 Å². The molecule has 0 radical (unpaired) electrons. The van der Waals surface area contributed by atoms with Gasteiger partial charge in [-0.2, -0.15) is 0 Å². The van der Waals surface area contributed by atoms with Crippen molar-refractivity contribution in [2.24, 2.45) is 5.92 Å². The molecule has 0 spiro atoms. The summed E-state index contributed by atoms with van der Waals surface area (Å²) in [4.78, 5) is 5.98. The first-order valence-electron chi connectivity index (χ1n) is 7.71. The van der Waals surface area contributed by atoms with Gasteiger partial charge in [0.25, 0.3) is 0 Å². The van der Waals surface area contributed by atoms with Crippen LogP contribution in [0.25, 0.3) is 4.96 Å². The van der Waals surface area contributed by atoms with Crippen LogP contribution < -0.4 is 5.32 Å². The largest absolute Gasteiger partial charge is 0.308 e. The van der Waals surface area contributed by atoms with E-state index < -0.39 is 0 Å². The molecule has 2 fully saturated rings. The van der Waals surface area contributed by atoms with Crippen LogP contribution in [-0.2, 0) is 6.54 Å². The van der Waals surface area contributed by atoms with Gasteiger partial charge < -0.3 is 5.32 Å². The predicted octanol–water partition coefficient (Wildman–Crippen LogP) is 3.93. The van der Waals surface area contributed by atoms with Crippen LogP contribution in [0.4, 0.5) is 0 Å². The van der Waals surface area contributed by atoms with Crippen molar-refractivity contribution in [3.63, 3.8) is 0 Å². The first-order chi connectivity index (χ1) is 9.90. The quantitative estimate of drug-likeness (QED) is 0.820. The van der Waals surface area contributed by atoms with Crippen LogP contribution >= 0.6 is 23.1 Å². The maximum Gasteiger partial charge on any atom is 0.194 e. The van der Waals surface area contributed by atoms with Crippen LogP contribution in [0.3, 0.4) is 0 Å². The third-order valence-electron chi connectivity index (χ3n) is 4.39. The molecule has 2 saturated carbocycles. The molecule has 4 rings (SSSR count). The van der Waals surface area contributed by atoms with Crippen molar-refractivity contribution < 1.29 is 0 Å². The molecule has 0 aliphatic heterocycles. The van der Waals surface area contributed by atoms with E-state index in [1.165, 1.54) is 55.0 Å². The van der Waals surface area contributed by atoms with Gasteiger partial charge in [0.15, 0.2) is 4.96 Å². The number of aromatic nitrogens is 2. The van der Waals surface area contributed by atoms with E-state index in [9.17, 15) is 0 Å². The Morgan fingerprint density at radius 2 is 2.15 bits per heavy atom. The first kappa shape index (κ1) is 13.2. The van der Waals surface area contributed by atoms with Gasteiger partial charge in [0.05, 0.1) is 5.69 Å². The number of nitrogens with one attached hydrogen (secondary N) is 1. The molecule has 3 nitrogen and oxygen atoms in total. The molecule has 20 heavy (non-hydrogen) atoms. The lowest BCUT2D eigenvalue weighted by atomic mass is 10.1. The van der Waals surface area contributed by atoms with Gasteiger partial charge in [0.1, 0.15) is 5.03 Å². The number of thiazole rings is 1. The molecule has 2 aliphatic rings. The van der Waals surface area contributed by atoms with Gasteiger partial charge in [-0.05, 0) is 31.6 Å². The fourth-order valence-electron chi connectivity index (χ4n) is 2.99. The molecule has 0 bridgehead atoms. The minimum Gasteiger partial charge on any atom is -0.308 e. The molecule has 0 saturated heterocycles. The first-order valence-corrected chi connectivity index (χ1v) is 9.57. The van der Waals surface area contributed by atoms with Gasteiger partial charge in [0, 0.05) is 29.9 Å². The van der Waals surface area contributed by atoms with E-state index in [1.54, 1.807) is 11.3 Å². The number of thioether (sulfide) groups is 1. The minimum atomic E-state index is 0.756. The summed E-state index contributed by atoms with van der Waals surface area (Å²) in [6.45, 7) is 0.968. The summed E-state index contributed by atoms with van der Waals surface area (Å²) < 4.78 is 2.27. The molecular weight excluding hydrogens is 286 g/mol. The molecule has 2 aromatic rings. The average molecular weight is 307 g/mol. The zero-order valence-corrected chi connectivity index (χ0v) is 13.3. The van der Waals surface area contributed by atoms with Crippen LogP contribution in [0.1, 0.15) is 44.2 Å². The standard InChI is InChI=1S/C15H21N3S2/c1-2-4-11(3-1)10-20-14-13(9-16-12-5-6-12)18-7-8-19-15(18)17-14/h7-8,11-12,16H,1-6,9-10H2. The predicted molar refractivity (Wildman–Crippen MR) is 85.6 cm³/mol. The summed E-state index contributed by atoms with van der Waals surface area (Å²) in [5.74, 6) is 2.17. The van der Waals surface area contributed by atoms with E-state index in [0.717, 1.165) is 23.5 Å². The maximum atomic E-state index is 4.84. The summed E-state index contributed by atoms with van der Waals surface area (Å²) in [7, 11) is 0. The Morgan fingerprint density at radius 1 is 1.30 bits per heavy atom. The van der Waals surface area contributed by atoms with E-state index in [0.29, 0.717) is 0 Å².